The molecule has 0 bridgehead atoms. The average Bonchev–Trinajstić information content (AvgIpc) is 3.41. The van der Waals surface area contributed by atoms with Crippen LogP contribution in [-0.4, -0.2) is 37.2 Å². The van der Waals surface area contributed by atoms with Crippen molar-refractivity contribution in [1.29, 1.82) is 0 Å². The van der Waals surface area contributed by atoms with Crippen LogP contribution in [0.25, 0.3) is 0 Å². The first-order valence-corrected chi connectivity index (χ1v) is 32.1. The van der Waals surface area contributed by atoms with E-state index in [9.17, 15) is 14.4 Å². The van der Waals surface area contributed by atoms with Crippen LogP contribution < -0.4 is 0 Å². The van der Waals surface area contributed by atoms with Crippen molar-refractivity contribution in [1.82, 2.24) is 0 Å². The van der Waals surface area contributed by atoms with Crippen LogP contribution in [0.2, 0.25) is 0 Å². The second kappa shape index (κ2) is 63.1. The number of unbranched alkanes of at least 4 members (excludes halogenated alkanes) is 33. The van der Waals surface area contributed by atoms with E-state index in [0.29, 0.717) is 19.3 Å². The summed E-state index contributed by atoms with van der Waals surface area (Å²) in [6.45, 7) is 6.52. The summed E-state index contributed by atoms with van der Waals surface area (Å²) in [4.78, 5) is 38.3. The van der Waals surface area contributed by atoms with Gasteiger partial charge in [0.25, 0.3) is 0 Å². The molecule has 0 rings (SSSR count). The zero-order valence-electron chi connectivity index (χ0n) is 49.6. The highest BCUT2D eigenvalue weighted by Crippen LogP contribution is 2.16. The van der Waals surface area contributed by atoms with Crippen LogP contribution in [-0.2, 0) is 28.6 Å². The number of allylic oxidation sites excluding steroid dienone is 14. The van der Waals surface area contributed by atoms with E-state index in [1.807, 2.05) is 0 Å². The largest absolute Gasteiger partial charge is 0.462 e. The fourth-order valence-corrected chi connectivity index (χ4v) is 9.05. The Hall–Kier alpha value is -3.41. The molecule has 0 aliphatic heterocycles. The van der Waals surface area contributed by atoms with Gasteiger partial charge in [0.1, 0.15) is 13.2 Å². The lowest BCUT2D eigenvalue weighted by molar-refractivity contribution is -0.167. The average molecular weight is 1050 g/mol. The van der Waals surface area contributed by atoms with Crippen LogP contribution in [0, 0.1) is 0 Å². The molecule has 0 aliphatic rings. The Morgan fingerprint density at radius 3 is 0.840 bits per heavy atom. The summed E-state index contributed by atoms with van der Waals surface area (Å²) in [5.74, 6) is -0.891. The van der Waals surface area contributed by atoms with Crippen molar-refractivity contribution >= 4 is 17.9 Å². The van der Waals surface area contributed by atoms with Crippen LogP contribution in [0.5, 0.6) is 0 Å². The van der Waals surface area contributed by atoms with Gasteiger partial charge < -0.3 is 14.2 Å². The molecule has 0 fully saturated rings. The Bertz CT molecular complexity index is 1430. The molecule has 0 radical (unpaired) electrons. The minimum Gasteiger partial charge on any atom is -0.462 e. The van der Waals surface area contributed by atoms with E-state index in [-0.39, 0.29) is 31.1 Å². The summed E-state index contributed by atoms with van der Waals surface area (Å²) in [6.07, 6.45) is 82.9. The Morgan fingerprint density at radius 1 is 0.280 bits per heavy atom. The number of rotatable bonds is 58. The Labute approximate surface area is 465 Å². The molecule has 0 heterocycles. The maximum atomic E-state index is 12.9. The van der Waals surface area contributed by atoms with Gasteiger partial charge in [-0.3, -0.25) is 14.4 Å². The van der Waals surface area contributed by atoms with E-state index < -0.39 is 6.10 Å². The summed E-state index contributed by atoms with van der Waals surface area (Å²) < 4.78 is 16.9. The molecule has 75 heavy (non-hydrogen) atoms. The fraction of sp³-hybridized carbons (Fsp3) is 0.754. The number of hydrogen-bond donors (Lipinski definition) is 0. The van der Waals surface area contributed by atoms with Crippen LogP contribution in [0.4, 0.5) is 0 Å². The van der Waals surface area contributed by atoms with Gasteiger partial charge in [0.05, 0.1) is 0 Å². The van der Waals surface area contributed by atoms with Gasteiger partial charge >= 0.3 is 17.9 Å². The van der Waals surface area contributed by atoms with Gasteiger partial charge in [0, 0.05) is 19.3 Å². The molecule has 0 aromatic rings. The standard InChI is InChI=1S/C69H120O6/c1-4-7-10-13-16-19-22-25-28-31-33-34-35-36-37-39-41-44-47-50-53-56-59-62-68(71)74-65-66(64-73-67(70)61-58-55-52-49-46-43-40-30-27-24-21-18-15-12-9-6-3)75-69(72)63-60-57-54-51-48-45-42-38-32-29-26-23-20-17-14-11-8-5-2/h7,10,16,19-20,23,25,28-30,32-34,40,66H,4-6,8-9,11-15,17-18,21-22,24,26-27,31,35-39,41-65H2,1-3H3/b10-7-,19-16-,23-20-,28-25-,32-29-,34-33-,40-30-. The van der Waals surface area contributed by atoms with Gasteiger partial charge in [-0.15, -0.1) is 0 Å². The number of hydrogen-bond acceptors (Lipinski definition) is 6. The minimum absolute atomic E-state index is 0.0835. The highest BCUT2D eigenvalue weighted by molar-refractivity contribution is 5.71. The van der Waals surface area contributed by atoms with Crippen molar-refractivity contribution in [3.8, 4) is 0 Å². The molecule has 1 atom stereocenters. The van der Waals surface area contributed by atoms with Crippen molar-refractivity contribution in [3.05, 3.63) is 85.1 Å². The third-order valence-corrected chi connectivity index (χ3v) is 13.9. The van der Waals surface area contributed by atoms with Gasteiger partial charge in [-0.25, -0.2) is 0 Å². The van der Waals surface area contributed by atoms with E-state index in [2.05, 4.69) is 106 Å². The van der Waals surface area contributed by atoms with Gasteiger partial charge in [-0.05, 0) is 116 Å². The van der Waals surface area contributed by atoms with E-state index in [1.54, 1.807) is 0 Å². The fourth-order valence-electron chi connectivity index (χ4n) is 9.05. The predicted octanol–water partition coefficient (Wildman–Crippen LogP) is 21.9. The van der Waals surface area contributed by atoms with Crippen molar-refractivity contribution < 1.29 is 28.6 Å². The molecule has 0 amide bonds. The van der Waals surface area contributed by atoms with E-state index in [0.717, 1.165) is 103 Å². The topological polar surface area (TPSA) is 78.9 Å². The Balaban J connectivity index is 4.38. The highest BCUT2D eigenvalue weighted by Gasteiger charge is 2.19. The van der Waals surface area contributed by atoms with Gasteiger partial charge in [0.2, 0.25) is 0 Å². The van der Waals surface area contributed by atoms with Gasteiger partial charge in [0.15, 0.2) is 6.10 Å². The summed E-state index contributed by atoms with van der Waals surface area (Å²) >= 11 is 0. The molecule has 1 unspecified atom stereocenters. The van der Waals surface area contributed by atoms with Crippen LogP contribution in [0.1, 0.15) is 316 Å². The number of carbonyl (C=O) groups is 3. The monoisotopic (exact) mass is 1040 g/mol. The van der Waals surface area contributed by atoms with Crippen molar-refractivity contribution in [2.45, 2.75) is 322 Å². The van der Waals surface area contributed by atoms with Crippen molar-refractivity contribution in [3.63, 3.8) is 0 Å². The smallest absolute Gasteiger partial charge is 0.306 e. The molecule has 6 nitrogen and oxygen atoms in total. The predicted molar refractivity (Wildman–Crippen MR) is 325 cm³/mol. The number of ether oxygens (including phenoxy) is 3. The van der Waals surface area contributed by atoms with Gasteiger partial charge in [-0.1, -0.05) is 266 Å². The second-order valence-electron chi connectivity index (χ2n) is 21.3. The normalized spacial score (nSPS) is 12.6. The molecule has 0 aromatic carbocycles. The maximum Gasteiger partial charge on any atom is 0.306 e. The zero-order chi connectivity index (χ0) is 54.3. The van der Waals surface area contributed by atoms with E-state index in [1.165, 1.54) is 173 Å². The molecule has 0 N–H and O–H groups in total. The van der Waals surface area contributed by atoms with Crippen molar-refractivity contribution in [2.75, 3.05) is 13.2 Å². The first kappa shape index (κ1) is 71.6. The lowest BCUT2D eigenvalue weighted by atomic mass is 10.1. The molecule has 0 saturated carbocycles. The SMILES string of the molecule is CC/C=C\C/C=C\C/C=C\C/C=C\CCCCCCCCCCCCC(=O)OCC(COC(=O)CCCCCCC/C=C\CCCCCCCCC)OC(=O)CCCCCCCCC/C=C\C/C=C\CCCCCC. The summed E-state index contributed by atoms with van der Waals surface area (Å²) in [6, 6.07) is 0. The summed E-state index contributed by atoms with van der Waals surface area (Å²) in [5.41, 5.74) is 0. The molecule has 0 aromatic heterocycles. The molecule has 432 valence electrons. The zero-order valence-corrected chi connectivity index (χ0v) is 49.6. The summed E-state index contributed by atoms with van der Waals surface area (Å²) in [5, 5.41) is 0. The lowest BCUT2D eigenvalue weighted by Crippen LogP contribution is -2.30. The first-order valence-electron chi connectivity index (χ1n) is 32.1. The third-order valence-electron chi connectivity index (χ3n) is 13.9. The van der Waals surface area contributed by atoms with Crippen LogP contribution in [0.15, 0.2) is 85.1 Å². The Kier molecular flexibility index (Phi) is 60.3. The molecule has 0 spiro atoms. The van der Waals surface area contributed by atoms with Crippen LogP contribution in [0.3, 0.4) is 0 Å². The van der Waals surface area contributed by atoms with Crippen LogP contribution >= 0.6 is 0 Å². The first-order chi connectivity index (χ1) is 37.0. The summed E-state index contributed by atoms with van der Waals surface area (Å²) in [7, 11) is 0. The third kappa shape index (κ3) is 61.3. The molecular formula is C69H120O6. The molecular weight excluding hydrogens is 925 g/mol. The molecule has 0 saturated heterocycles. The quantitative estimate of drug-likeness (QED) is 0.0261. The minimum atomic E-state index is -0.787. The van der Waals surface area contributed by atoms with E-state index >= 15 is 0 Å². The number of esters is 3. The lowest BCUT2D eigenvalue weighted by Gasteiger charge is -2.18. The van der Waals surface area contributed by atoms with Crippen molar-refractivity contribution in [2.24, 2.45) is 0 Å². The maximum absolute atomic E-state index is 12.9. The van der Waals surface area contributed by atoms with Gasteiger partial charge in [-0.2, -0.15) is 0 Å². The second-order valence-corrected chi connectivity index (χ2v) is 21.3. The van der Waals surface area contributed by atoms with E-state index in [4.69, 9.17) is 14.2 Å². The number of carbonyl (C=O) groups excluding carboxylic acids is 3. The highest BCUT2D eigenvalue weighted by atomic mass is 16.6. The molecule has 6 heteroatoms. The molecule has 0 aliphatic carbocycles. The Morgan fingerprint density at radius 2 is 0.520 bits per heavy atom.